The monoisotopic (exact) mass is 284 g/mol. The molecule has 1 aromatic heterocycles. The lowest BCUT2D eigenvalue weighted by molar-refractivity contribution is 0.137. The van der Waals surface area contributed by atoms with Crippen LogP contribution in [-0.2, 0) is 6.54 Å². The number of hydrogen-bond donors (Lipinski definition) is 1. The predicted molar refractivity (Wildman–Crippen MR) is 86.6 cm³/mol. The van der Waals surface area contributed by atoms with Gasteiger partial charge in [-0.15, -0.1) is 0 Å². The third-order valence-corrected chi connectivity index (χ3v) is 4.35. The van der Waals surface area contributed by atoms with Gasteiger partial charge >= 0.3 is 0 Å². The number of aromatic nitrogens is 1. The first-order chi connectivity index (χ1) is 10.3. The van der Waals surface area contributed by atoms with Crippen LogP contribution in [-0.4, -0.2) is 18.1 Å². The Bertz CT molecular complexity index is 603. The molecular formula is C18H24N2O. The fraction of sp³-hybridized carbons (Fsp3) is 0.500. The van der Waals surface area contributed by atoms with Crippen molar-refractivity contribution in [2.45, 2.75) is 45.3 Å². The van der Waals surface area contributed by atoms with E-state index in [-0.39, 0.29) is 0 Å². The Balaban J connectivity index is 1.88. The highest BCUT2D eigenvalue weighted by Gasteiger charge is 2.20. The molecule has 1 fully saturated rings. The standard InChI is InChI=1S/C18H24N2O/c1-13-7-9-15(10-8-13)21-18-11-14(12-19-2)20-17-6-4-3-5-16(17)18/h3-6,11,13,15,19H,7-10,12H2,1-2H3. The van der Waals surface area contributed by atoms with Crippen molar-refractivity contribution in [1.82, 2.24) is 10.3 Å². The molecule has 3 heteroatoms. The van der Waals surface area contributed by atoms with Crippen molar-refractivity contribution in [2.24, 2.45) is 5.92 Å². The number of nitrogens with one attached hydrogen (secondary N) is 1. The maximum absolute atomic E-state index is 6.34. The van der Waals surface area contributed by atoms with E-state index >= 15 is 0 Å². The molecule has 1 aromatic carbocycles. The van der Waals surface area contributed by atoms with Crippen LogP contribution in [0.4, 0.5) is 0 Å². The highest BCUT2D eigenvalue weighted by Crippen LogP contribution is 2.31. The van der Waals surface area contributed by atoms with E-state index in [1.165, 1.54) is 25.7 Å². The van der Waals surface area contributed by atoms with Crippen LogP contribution in [0.1, 0.15) is 38.3 Å². The van der Waals surface area contributed by atoms with Crippen molar-refractivity contribution >= 4 is 10.9 Å². The summed E-state index contributed by atoms with van der Waals surface area (Å²) in [5.74, 6) is 1.84. The second-order valence-electron chi connectivity index (χ2n) is 6.16. The maximum atomic E-state index is 6.34. The van der Waals surface area contributed by atoms with Crippen LogP contribution in [0.5, 0.6) is 5.75 Å². The first-order valence-corrected chi connectivity index (χ1v) is 7.96. The number of fused-ring (bicyclic) bond motifs is 1. The molecule has 1 aliphatic rings. The van der Waals surface area contributed by atoms with E-state index in [4.69, 9.17) is 4.74 Å². The van der Waals surface area contributed by atoms with Gasteiger partial charge in [-0.25, -0.2) is 0 Å². The summed E-state index contributed by atoms with van der Waals surface area (Å²) in [6, 6.07) is 10.3. The van der Waals surface area contributed by atoms with Crippen molar-refractivity contribution in [2.75, 3.05) is 7.05 Å². The average molecular weight is 284 g/mol. The van der Waals surface area contributed by atoms with Gasteiger partial charge in [-0.3, -0.25) is 4.98 Å². The van der Waals surface area contributed by atoms with E-state index in [0.29, 0.717) is 6.10 Å². The lowest BCUT2D eigenvalue weighted by Gasteiger charge is -2.27. The SMILES string of the molecule is CNCc1cc(OC2CCC(C)CC2)c2ccccc2n1. The molecule has 0 unspecified atom stereocenters. The summed E-state index contributed by atoms with van der Waals surface area (Å²) in [4.78, 5) is 4.69. The van der Waals surface area contributed by atoms with Crippen LogP contribution in [0.3, 0.4) is 0 Å². The molecular weight excluding hydrogens is 260 g/mol. The molecule has 1 heterocycles. The van der Waals surface area contributed by atoms with Crippen LogP contribution in [0, 0.1) is 5.92 Å². The number of para-hydroxylation sites is 1. The number of hydrogen-bond acceptors (Lipinski definition) is 3. The third kappa shape index (κ3) is 3.35. The first-order valence-electron chi connectivity index (χ1n) is 7.96. The van der Waals surface area contributed by atoms with Gasteiger partial charge in [0.25, 0.3) is 0 Å². The lowest BCUT2D eigenvalue weighted by Crippen LogP contribution is -2.23. The summed E-state index contributed by atoms with van der Waals surface area (Å²) in [5.41, 5.74) is 2.06. The lowest BCUT2D eigenvalue weighted by atomic mass is 9.89. The van der Waals surface area contributed by atoms with E-state index in [1.807, 2.05) is 13.1 Å². The van der Waals surface area contributed by atoms with E-state index in [0.717, 1.165) is 34.8 Å². The summed E-state index contributed by atoms with van der Waals surface area (Å²) in [7, 11) is 1.94. The van der Waals surface area contributed by atoms with Crippen molar-refractivity contribution in [3.63, 3.8) is 0 Å². The largest absolute Gasteiger partial charge is 0.490 e. The van der Waals surface area contributed by atoms with Gasteiger partial charge in [0, 0.05) is 18.0 Å². The van der Waals surface area contributed by atoms with Gasteiger partial charge in [0.05, 0.1) is 17.3 Å². The molecule has 1 saturated carbocycles. The Morgan fingerprint density at radius 1 is 1.19 bits per heavy atom. The molecule has 0 atom stereocenters. The average Bonchev–Trinajstić information content (AvgIpc) is 2.50. The molecule has 0 amide bonds. The normalized spacial score (nSPS) is 22.4. The number of rotatable bonds is 4. The van der Waals surface area contributed by atoms with Crippen LogP contribution in [0.25, 0.3) is 10.9 Å². The van der Waals surface area contributed by atoms with Crippen LogP contribution in [0.15, 0.2) is 30.3 Å². The topological polar surface area (TPSA) is 34.1 Å². The Hall–Kier alpha value is -1.61. The minimum absolute atomic E-state index is 0.356. The fourth-order valence-electron chi connectivity index (χ4n) is 3.09. The minimum Gasteiger partial charge on any atom is -0.490 e. The van der Waals surface area contributed by atoms with Crippen LogP contribution >= 0.6 is 0 Å². The molecule has 0 aliphatic heterocycles. The number of ether oxygens (including phenoxy) is 1. The van der Waals surface area contributed by atoms with Gasteiger partial charge in [-0.1, -0.05) is 19.1 Å². The zero-order chi connectivity index (χ0) is 14.7. The van der Waals surface area contributed by atoms with Crippen molar-refractivity contribution in [3.05, 3.63) is 36.0 Å². The van der Waals surface area contributed by atoms with Crippen molar-refractivity contribution < 1.29 is 4.74 Å². The highest BCUT2D eigenvalue weighted by molar-refractivity contribution is 5.85. The molecule has 2 aromatic rings. The molecule has 3 nitrogen and oxygen atoms in total. The minimum atomic E-state index is 0.356. The quantitative estimate of drug-likeness (QED) is 0.924. The molecule has 21 heavy (non-hydrogen) atoms. The summed E-state index contributed by atoms with van der Waals surface area (Å²) < 4.78 is 6.34. The third-order valence-electron chi connectivity index (χ3n) is 4.35. The van der Waals surface area contributed by atoms with Gasteiger partial charge in [-0.2, -0.15) is 0 Å². The Labute approximate surface area is 126 Å². The molecule has 0 saturated heterocycles. The fourth-order valence-corrected chi connectivity index (χ4v) is 3.09. The molecule has 0 radical (unpaired) electrons. The molecule has 1 aliphatic carbocycles. The highest BCUT2D eigenvalue weighted by atomic mass is 16.5. The molecule has 0 bridgehead atoms. The summed E-state index contributed by atoms with van der Waals surface area (Å²) in [5, 5.41) is 4.29. The Morgan fingerprint density at radius 3 is 2.71 bits per heavy atom. The van der Waals surface area contributed by atoms with Crippen LogP contribution in [0.2, 0.25) is 0 Å². The summed E-state index contributed by atoms with van der Waals surface area (Å²) in [6.07, 6.45) is 5.24. The second-order valence-corrected chi connectivity index (χ2v) is 6.16. The molecule has 0 spiro atoms. The zero-order valence-electron chi connectivity index (χ0n) is 12.9. The van der Waals surface area contributed by atoms with Gasteiger partial charge in [-0.05, 0) is 50.8 Å². The summed E-state index contributed by atoms with van der Waals surface area (Å²) in [6.45, 7) is 3.10. The van der Waals surface area contributed by atoms with Gasteiger partial charge in [0.2, 0.25) is 0 Å². The molecule has 3 rings (SSSR count). The predicted octanol–water partition coefficient (Wildman–Crippen LogP) is 3.91. The van der Waals surface area contributed by atoms with E-state index < -0.39 is 0 Å². The number of benzene rings is 1. The van der Waals surface area contributed by atoms with Gasteiger partial charge < -0.3 is 10.1 Å². The smallest absolute Gasteiger partial charge is 0.130 e. The van der Waals surface area contributed by atoms with Gasteiger partial charge in [0.1, 0.15) is 5.75 Å². The summed E-state index contributed by atoms with van der Waals surface area (Å²) >= 11 is 0. The first kappa shape index (κ1) is 14.3. The second kappa shape index (κ2) is 6.44. The van der Waals surface area contributed by atoms with E-state index in [1.54, 1.807) is 0 Å². The van der Waals surface area contributed by atoms with E-state index in [9.17, 15) is 0 Å². The molecule has 1 N–H and O–H groups in total. The Kier molecular flexibility index (Phi) is 4.39. The van der Waals surface area contributed by atoms with E-state index in [2.05, 4.69) is 41.5 Å². The van der Waals surface area contributed by atoms with Gasteiger partial charge in [0.15, 0.2) is 0 Å². The number of pyridine rings is 1. The maximum Gasteiger partial charge on any atom is 0.130 e. The molecule has 112 valence electrons. The van der Waals surface area contributed by atoms with Crippen molar-refractivity contribution in [3.8, 4) is 5.75 Å². The zero-order valence-corrected chi connectivity index (χ0v) is 12.9. The van der Waals surface area contributed by atoms with Crippen LogP contribution < -0.4 is 10.1 Å². The Morgan fingerprint density at radius 2 is 1.95 bits per heavy atom. The van der Waals surface area contributed by atoms with Crippen molar-refractivity contribution in [1.29, 1.82) is 0 Å². The number of nitrogens with zero attached hydrogens (tertiary/aromatic N) is 1.